The van der Waals surface area contributed by atoms with Gasteiger partial charge < -0.3 is 11.5 Å². The van der Waals surface area contributed by atoms with Crippen LogP contribution in [-0.4, -0.2) is 12.6 Å². The van der Waals surface area contributed by atoms with E-state index in [1.54, 1.807) is 0 Å². The lowest BCUT2D eigenvalue weighted by atomic mass is 9.85. The summed E-state index contributed by atoms with van der Waals surface area (Å²) < 4.78 is 0. The molecular weight excluding hydrogens is 207 g/mol. The number of hydrogen-bond donors (Lipinski definition) is 2. The van der Waals surface area contributed by atoms with Crippen LogP contribution in [0.25, 0.3) is 0 Å². The van der Waals surface area contributed by atoms with Crippen molar-refractivity contribution in [3.63, 3.8) is 0 Å². The van der Waals surface area contributed by atoms with E-state index in [2.05, 4.69) is 0 Å². The molecule has 0 aromatic carbocycles. The van der Waals surface area contributed by atoms with Crippen LogP contribution in [0.5, 0.6) is 0 Å². The Bertz CT molecular complexity index is 106. The Hall–Kier alpha value is 0.500. The van der Waals surface area contributed by atoms with Crippen molar-refractivity contribution in [3.05, 3.63) is 0 Å². The molecule has 0 aliphatic heterocycles. The third-order valence-corrected chi connectivity index (χ3v) is 2.66. The first-order valence-corrected chi connectivity index (χ1v) is 4.78. The van der Waals surface area contributed by atoms with E-state index in [1.807, 2.05) is 0 Å². The average Bonchev–Trinajstić information content (AvgIpc) is 2.06. The molecule has 1 aliphatic rings. The Morgan fingerprint density at radius 3 is 2.08 bits per heavy atom. The molecule has 0 aromatic rings. The smallest absolute Gasteiger partial charge is 0.0165 e. The molecule has 13 heavy (non-hydrogen) atoms. The van der Waals surface area contributed by atoms with Gasteiger partial charge in [-0.2, -0.15) is 0 Å². The summed E-state index contributed by atoms with van der Waals surface area (Å²) in [4.78, 5) is 0. The molecule has 0 heterocycles. The van der Waals surface area contributed by atoms with Gasteiger partial charge in [0.2, 0.25) is 0 Å². The third kappa shape index (κ3) is 6.55. The van der Waals surface area contributed by atoms with E-state index < -0.39 is 0 Å². The Labute approximate surface area is 93.6 Å². The summed E-state index contributed by atoms with van der Waals surface area (Å²) >= 11 is 0. The van der Waals surface area contributed by atoms with Crippen molar-refractivity contribution in [3.8, 4) is 0 Å². The molecule has 4 N–H and O–H groups in total. The molecule has 0 radical (unpaired) electrons. The van der Waals surface area contributed by atoms with Gasteiger partial charge in [0.05, 0.1) is 0 Å². The molecule has 1 rings (SSSR count). The summed E-state index contributed by atoms with van der Waals surface area (Å²) in [6.45, 7) is 0.649. The molecule has 0 spiro atoms. The van der Waals surface area contributed by atoms with E-state index in [0.29, 0.717) is 6.54 Å². The van der Waals surface area contributed by atoms with Crippen LogP contribution in [0.3, 0.4) is 0 Å². The van der Waals surface area contributed by atoms with Gasteiger partial charge >= 0.3 is 0 Å². The van der Waals surface area contributed by atoms with Gasteiger partial charge in [-0.05, 0) is 12.3 Å². The minimum atomic E-state index is 0. The maximum atomic E-state index is 5.78. The van der Waals surface area contributed by atoms with Gasteiger partial charge in [0.25, 0.3) is 0 Å². The fourth-order valence-corrected chi connectivity index (χ4v) is 1.95. The fourth-order valence-electron chi connectivity index (χ4n) is 1.95. The van der Waals surface area contributed by atoms with Gasteiger partial charge in [-0.15, -0.1) is 24.8 Å². The van der Waals surface area contributed by atoms with E-state index >= 15 is 0 Å². The first-order chi connectivity index (χ1) is 5.33. The van der Waals surface area contributed by atoms with Crippen molar-refractivity contribution in [1.29, 1.82) is 0 Å². The van der Waals surface area contributed by atoms with E-state index in [9.17, 15) is 0 Å². The lowest BCUT2D eigenvalue weighted by molar-refractivity contribution is 0.319. The molecule has 1 atom stereocenters. The van der Waals surface area contributed by atoms with Crippen molar-refractivity contribution in [2.24, 2.45) is 17.4 Å². The fraction of sp³-hybridized carbons (Fsp3) is 1.00. The first kappa shape index (κ1) is 15.9. The molecule has 1 saturated carbocycles. The molecule has 1 fully saturated rings. The Morgan fingerprint density at radius 2 is 1.62 bits per heavy atom. The van der Waals surface area contributed by atoms with Crippen molar-refractivity contribution in [2.75, 3.05) is 6.54 Å². The molecule has 0 saturated heterocycles. The third-order valence-electron chi connectivity index (χ3n) is 2.66. The lowest BCUT2D eigenvalue weighted by Crippen LogP contribution is -2.32. The molecule has 1 aliphatic carbocycles. The zero-order valence-electron chi connectivity index (χ0n) is 8.08. The normalized spacial score (nSPS) is 19.8. The van der Waals surface area contributed by atoms with Crippen LogP contribution in [0.2, 0.25) is 0 Å². The number of rotatable bonds is 3. The highest BCUT2D eigenvalue weighted by Gasteiger charge is 2.15. The number of halogens is 2. The minimum absolute atomic E-state index is 0. The summed E-state index contributed by atoms with van der Waals surface area (Å²) in [7, 11) is 0. The molecule has 0 aromatic heterocycles. The van der Waals surface area contributed by atoms with Gasteiger partial charge in [-0.3, -0.25) is 0 Å². The second kappa shape index (κ2) is 9.07. The van der Waals surface area contributed by atoms with E-state index in [0.717, 1.165) is 12.3 Å². The van der Waals surface area contributed by atoms with Gasteiger partial charge in [0.15, 0.2) is 0 Å². The van der Waals surface area contributed by atoms with Crippen molar-refractivity contribution in [1.82, 2.24) is 0 Å². The van der Waals surface area contributed by atoms with Crippen molar-refractivity contribution < 1.29 is 0 Å². The summed E-state index contributed by atoms with van der Waals surface area (Å²) in [5.41, 5.74) is 11.2. The van der Waals surface area contributed by atoms with Crippen LogP contribution in [0, 0.1) is 5.92 Å². The molecule has 2 nitrogen and oxygen atoms in total. The molecule has 82 valence electrons. The highest BCUT2D eigenvalue weighted by molar-refractivity contribution is 5.85. The Balaban J connectivity index is 0. The molecule has 0 amide bonds. The molecule has 4 heteroatoms. The van der Waals surface area contributed by atoms with Gasteiger partial charge in [0.1, 0.15) is 0 Å². The van der Waals surface area contributed by atoms with Gasteiger partial charge in [-0.1, -0.05) is 32.1 Å². The monoisotopic (exact) mass is 228 g/mol. The van der Waals surface area contributed by atoms with Crippen LogP contribution < -0.4 is 11.5 Å². The standard InChI is InChI=1S/C9H20N2.2ClH/c10-7-9(11)6-8-4-2-1-3-5-8;;/h8-9H,1-7,10-11H2;2*1H. The quantitative estimate of drug-likeness (QED) is 0.778. The van der Waals surface area contributed by atoms with Crippen LogP contribution in [-0.2, 0) is 0 Å². The zero-order valence-corrected chi connectivity index (χ0v) is 9.71. The highest BCUT2D eigenvalue weighted by Crippen LogP contribution is 2.26. The second-order valence-electron chi connectivity index (χ2n) is 3.74. The maximum Gasteiger partial charge on any atom is 0.0165 e. The average molecular weight is 229 g/mol. The van der Waals surface area contributed by atoms with Crippen LogP contribution in [0.15, 0.2) is 0 Å². The SMILES string of the molecule is Cl.Cl.NCC(N)CC1CCCCC1. The van der Waals surface area contributed by atoms with E-state index in [1.165, 1.54) is 32.1 Å². The highest BCUT2D eigenvalue weighted by atomic mass is 35.5. The summed E-state index contributed by atoms with van der Waals surface area (Å²) in [6.07, 6.45) is 8.15. The summed E-state index contributed by atoms with van der Waals surface area (Å²) in [5, 5.41) is 0. The Morgan fingerprint density at radius 1 is 1.08 bits per heavy atom. The molecule has 1 unspecified atom stereocenters. The Kier molecular flexibility index (Phi) is 11.1. The lowest BCUT2D eigenvalue weighted by Gasteiger charge is -2.23. The largest absolute Gasteiger partial charge is 0.329 e. The number of hydrogen-bond acceptors (Lipinski definition) is 2. The summed E-state index contributed by atoms with van der Waals surface area (Å²) in [5.74, 6) is 0.877. The summed E-state index contributed by atoms with van der Waals surface area (Å²) in [6, 6.07) is 0.248. The topological polar surface area (TPSA) is 52.0 Å². The van der Waals surface area contributed by atoms with Gasteiger partial charge in [-0.25, -0.2) is 0 Å². The van der Waals surface area contributed by atoms with Crippen LogP contribution >= 0.6 is 24.8 Å². The predicted octanol–water partition coefficient (Wildman–Crippen LogP) is 2.09. The van der Waals surface area contributed by atoms with Crippen LogP contribution in [0.1, 0.15) is 38.5 Å². The predicted molar refractivity (Wildman–Crippen MR) is 62.7 cm³/mol. The van der Waals surface area contributed by atoms with E-state index in [-0.39, 0.29) is 30.9 Å². The second-order valence-corrected chi connectivity index (χ2v) is 3.74. The van der Waals surface area contributed by atoms with Crippen LogP contribution in [0.4, 0.5) is 0 Å². The van der Waals surface area contributed by atoms with Crippen molar-refractivity contribution in [2.45, 2.75) is 44.6 Å². The molecule has 0 bridgehead atoms. The minimum Gasteiger partial charge on any atom is -0.329 e. The van der Waals surface area contributed by atoms with Crippen molar-refractivity contribution >= 4 is 24.8 Å². The van der Waals surface area contributed by atoms with E-state index in [4.69, 9.17) is 11.5 Å². The van der Waals surface area contributed by atoms with Gasteiger partial charge in [0, 0.05) is 12.6 Å². The maximum absolute atomic E-state index is 5.78. The molecular formula is C9H22Cl2N2. The first-order valence-electron chi connectivity index (χ1n) is 4.78. The number of nitrogens with two attached hydrogens (primary N) is 2. The zero-order chi connectivity index (χ0) is 8.10.